The molecule has 2 aromatic carbocycles. The summed E-state index contributed by atoms with van der Waals surface area (Å²) in [6.45, 7) is 2.26. The van der Waals surface area contributed by atoms with Crippen LogP contribution in [-0.2, 0) is 11.4 Å². The van der Waals surface area contributed by atoms with E-state index in [0.29, 0.717) is 28.1 Å². The lowest BCUT2D eigenvalue weighted by molar-refractivity contribution is -0.122. The topological polar surface area (TPSA) is 67.9 Å². The Morgan fingerprint density at radius 2 is 1.89 bits per heavy atom. The van der Waals surface area contributed by atoms with Crippen molar-refractivity contribution >= 4 is 33.9 Å². The van der Waals surface area contributed by atoms with E-state index < -0.39 is 6.03 Å². The number of likely N-dealkylation sites (N-methyl/N-ethyl adjacent to an activating group) is 1. The number of hydrogen-bond donors (Lipinski definition) is 1. The van der Waals surface area contributed by atoms with Gasteiger partial charge in [0.15, 0.2) is 11.5 Å². The fourth-order valence-electron chi connectivity index (χ4n) is 2.69. The van der Waals surface area contributed by atoms with Gasteiger partial charge in [0, 0.05) is 11.0 Å². The highest BCUT2D eigenvalue weighted by Gasteiger charge is 2.32. The van der Waals surface area contributed by atoms with Crippen LogP contribution in [0.2, 0.25) is 0 Å². The predicted octanol–water partition coefficient (Wildman–Crippen LogP) is 4.09. The highest BCUT2D eigenvalue weighted by molar-refractivity contribution is 9.10. The van der Waals surface area contributed by atoms with Gasteiger partial charge >= 0.3 is 6.03 Å². The molecule has 1 N–H and O–H groups in total. The molecule has 146 valence electrons. The van der Waals surface area contributed by atoms with Crippen LogP contribution < -0.4 is 14.8 Å². The SMILES string of the molecule is CCN1C(=O)N/C(=C/c2cc(OC)c(OCc3ccc(F)cc3)cc2Br)C1=O. The molecular weight excluding hydrogens is 431 g/mol. The van der Waals surface area contributed by atoms with Gasteiger partial charge < -0.3 is 14.8 Å². The van der Waals surface area contributed by atoms with Crippen LogP contribution in [0.4, 0.5) is 9.18 Å². The molecule has 0 radical (unpaired) electrons. The van der Waals surface area contributed by atoms with Crippen molar-refractivity contribution in [2.45, 2.75) is 13.5 Å². The Labute approximate surface area is 170 Å². The first-order chi connectivity index (χ1) is 13.4. The first-order valence-corrected chi connectivity index (χ1v) is 9.31. The van der Waals surface area contributed by atoms with Crippen molar-refractivity contribution in [3.8, 4) is 11.5 Å². The Morgan fingerprint density at radius 3 is 2.50 bits per heavy atom. The van der Waals surface area contributed by atoms with Gasteiger partial charge in [0.25, 0.3) is 5.91 Å². The summed E-state index contributed by atoms with van der Waals surface area (Å²) in [4.78, 5) is 25.2. The van der Waals surface area contributed by atoms with Gasteiger partial charge in [-0.3, -0.25) is 9.69 Å². The van der Waals surface area contributed by atoms with E-state index in [1.54, 1.807) is 37.3 Å². The zero-order valence-corrected chi connectivity index (χ0v) is 16.9. The van der Waals surface area contributed by atoms with Crippen LogP contribution in [-0.4, -0.2) is 30.5 Å². The maximum absolute atomic E-state index is 13.0. The number of ether oxygens (including phenoxy) is 2. The molecule has 0 bridgehead atoms. The Balaban J connectivity index is 1.83. The van der Waals surface area contributed by atoms with Crippen LogP contribution in [0.3, 0.4) is 0 Å². The van der Waals surface area contributed by atoms with E-state index in [1.165, 1.54) is 19.2 Å². The fourth-order valence-corrected chi connectivity index (χ4v) is 3.13. The third-order valence-electron chi connectivity index (χ3n) is 4.17. The van der Waals surface area contributed by atoms with Gasteiger partial charge in [0.1, 0.15) is 18.1 Å². The maximum atomic E-state index is 13.0. The van der Waals surface area contributed by atoms with Crippen molar-refractivity contribution < 1.29 is 23.5 Å². The Kier molecular flexibility index (Phi) is 5.99. The number of rotatable bonds is 6. The molecule has 1 saturated heterocycles. The van der Waals surface area contributed by atoms with Gasteiger partial charge in [0.2, 0.25) is 0 Å². The highest BCUT2D eigenvalue weighted by Crippen LogP contribution is 2.35. The predicted molar refractivity (Wildman–Crippen MR) is 105 cm³/mol. The van der Waals surface area contributed by atoms with E-state index in [2.05, 4.69) is 21.2 Å². The number of nitrogens with one attached hydrogen (secondary N) is 1. The third-order valence-corrected chi connectivity index (χ3v) is 4.86. The van der Waals surface area contributed by atoms with E-state index in [0.717, 1.165) is 10.5 Å². The normalized spacial score (nSPS) is 15.1. The molecule has 0 aliphatic carbocycles. The standard InChI is InChI=1S/C20H18BrFN2O4/c1-3-24-19(25)16(23-20(24)26)8-13-9-17(27-2)18(10-15(13)21)28-11-12-4-6-14(22)7-5-12/h4-10H,3,11H2,1-2H3,(H,23,26)/b16-8+. The third kappa shape index (κ3) is 4.17. The number of methoxy groups -OCH3 is 1. The average Bonchev–Trinajstić information content (AvgIpc) is 2.95. The Morgan fingerprint density at radius 1 is 1.18 bits per heavy atom. The maximum Gasteiger partial charge on any atom is 0.328 e. The largest absolute Gasteiger partial charge is 0.493 e. The lowest BCUT2D eigenvalue weighted by Crippen LogP contribution is -2.30. The molecule has 1 aliphatic rings. The van der Waals surface area contributed by atoms with Gasteiger partial charge in [0.05, 0.1) is 7.11 Å². The minimum absolute atomic E-state index is 0.189. The number of imide groups is 1. The van der Waals surface area contributed by atoms with E-state index in [1.807, 2.05) is 0 Å². The summed E-state index contributed by atoms with van der Waals surface area (Å²) >= 11 is 3.45. The lowest BCUT2D eigenvalue weighted by Gasteiger charge is -2.13. The van der Waals surface area contributed by atoms with Crippen LogP contribution in [0.5, 0.6) is 11.5 Å². The summed E-state index contributed by atoms with van der Waals surface area (Å²) in [7, 11) is 1.51. The molecule has 28 heavy (non-hydrogen) atoms. The molecular formula is C20H18BrFN2O4. The minimum atomic E-state index is -0.443. The number of halogens is 2. The van der Waals surface area contributed by atoms with Gasteiger partial charge in [-0.1, -0.05) is 28.1 Å². The lowest BCUT2D eigenvalue weighted by atomic mass is 10.1. The number of benzene rings is 2. The smallest absolute Gasteiger partial charge is 0.328 e. The van der Waals surface area contributed by atoms with Crippen LogP contribution in [0.25, 0.3) is 6.08 Å². The van der Waals surface area contributed by atoms with Crippen molar-refractivity contribution in [2.24, 2.45) is 0 Å². The summed E-state index contributed by atoms with van der Waals surface area (Å²) in [5, 5.41) is 2.56. The minimum Gasteiger partial charge on any atom is -0.493 e. The van der Waals surface area contributed by atoms with E-state index in [4.69, 9.17) is 9.47 Å². The molecule has 8 heteroatoms. The van der Waals surface area contributed by atoms with Gasteiger partial charge in [-0.25, -0.2) is 9.18 Å². The Bertz CT molecular complexity index is 944. The number of carbonyl (C=O) groups excluding carboxylic acids is 2. The van der Waals surface area contributed by atoms with Crippen molar-refractivity contribution in [1.82, 2.24) is 10.2 Å². The Hall–Kier alpha value is -2.87. The summed E-state index contributed by atoms with van der Waals surface area (Å²) in [6, 6.07) is 8.99. The molecule has 0 unspecified atom stereocenters. The van der Waals surface area contributed by atoms with Crippen molar-refractivity contribution in [3.63, 3.8) is 0 Å². The number of nitrogens with zero attached hydrogens (tertiary/aromatic N) is 1. The average molecular weight is 449 g/mol. The molecule has 0 atom stereocenters. The molecule has 1 heterocycles. The first kappa shape index (κ1) is 19.9. The van der Waals surface area contributed by atoms with E-state index in [-0.39, 0.29) is 24.0 Å². The monoisotopic (exact) mass is 448 g/mol. The highest BCUT2D eigenvalue weighted by atomic mass is 79.9. The summed E-state index contributed by atoms with van der Waals surface area (Å²) in [5.41, 5.74) is 1.65. The van der Waals surface area contributed by atoms with Crippen LogP contribution >= 0.6 is 15.9 Å². The quantitative estimate of drug-likeness (QED) is 0.533. The molecule has 0 saturated carbocycles. The molecule has 2 aromatic rings. The molecule has 0 spiro atoms. The zero-order chi connectivity index (χ0) is 20.3. The van der Waals surface area contributed by atoms with E-state index in [9.17, 15) is 14.0 Å². The van der Waals surface area contributed by atoms with E-state index >= 15 is 0 Å². The summed E-state index contributed by atoms with van der Waals surface area (Å²) in [5.74, 6) is 0.255. The van der Waals surface area contributed by atoms with Gasteiger partial charge in [-0.15, -0.1) is 0 Å². The summed E-state index contributed by atoms with van der Waals surface area (Å²) in [6.07, 6.45) is 1.58. The second-order valence-electron chi connectivity index (χ2n) is 5.98. The molecule has 3 rings (SSSR count). The van der Waals surface area contributed by atoms with Crippen LogP contribution in [0.15, 0.2) is 46.6 Å². The van der Waals surface area contributed by atoms with Crippen molar-refractivity contribution in [1.29, 1.82) is 0 Å². The molecule has 1 aliphatic heterocycles. The first-order valence-electron chi connectivity index (χ1n) is 8.52. The molecule has 6 nitrogen and oxygen atoms in total. The number of carbonyl (C=O) groups is 2. The number of urea groups is 1. The van der Waals surface area contributed by atoms with Gasteiger partial charge in [-0.05, 0) is 48.4 Å². The zero-order valence-electron chi connectivity index (χ0n) is 15.3. The molecule has 1 fully saturated rings. The molecule has 3 amide bonds. The second kappa shape index (κ2) is 8.43. The van der Waals surface area contributed by atoms with Crippen LogP contribution in [0.1, 0.15) is 18.1 Å². The van der Waals surface area contributed by atoms with Crippen molar-refractivity contribution in [2.75, 3.05) is 13.7 Å². The number of hydrogen-bond acceptors (Lipinski definition) is 4. The number of amides is 3. The van der Waals surface area contributed by atoms with Crippen LogP contribution in [0, 0.1) is 5.82 Å². The molecule has 0 aromatic heterocycles. The van der Waals surface area contributed by atoms with Crippen molar-refractivity contribution in [3.05, 3.63) is 63.5 Å². The van der Waals surface area contributed by atoms with Gasteiger partial charge in [-0.2, -0.15) is 0 Å². The summed E-state index contributed by atoms with van der Waals surface area (Å²) < 4.78 is 24.8. The fraction of sp³-hybridized carbons (Fsp3) is 0.200. The second-order valence-corrected chi connectivity index (χ2v) is 6.83.